The summed E-state index contributed by atoms with van der Waals surface area (Å²) in [4.78, 5) is 17.0. The summed E-state index contributed by atoms with van der Waals surface area (Å²) < 4.78 is 29.4. The van der Waals surface area contributed by atoms with Crippen LogP contribution in [0.1, 0.15) is 24.4 Å². The van der Waals surface area contributed by atoms with Gasteiger partial charge in [-0.3, -0.25) is 4.98 Å². The second-order valence-corrected chi connectivity index (χ2v) is 7.22. The van der Waals surface area contributed by atoms with Gasteiger partial charge in [-0.25, -0.2) is 28.4 Å². The van der Waals surface area contributed by atoms with E-state index >= 15 is 0 Å². The molecular weight excluding hydrogens is 412 g/mol. The number of nitrogen functional groups attached to an aromatic ring is 1. The van der Waals surface area contributed by atoms with E-state index in [1.54, 1.807) is 16.8 Å². The van der Waals surface area contributed by atoms with Gasteiger partial charge in [-0.15, -0.1) is 6.42 Å². The Labute approximate surface area is 181 Å². The average molecular weight is 427 g/mol. The molecule has 0 aliphatic heterocycles. The number of halogens is 2. The number of rotatable bonds is 3. The Balaban J connectivity index is 1.79. The fourth-order valence-corrected chi connectivity index (χ4v) is 3.75. The van der Waals surface area contributed by atoms with E-state index in [4.69, 9.17) is 17.1 Å². The molecule has 0 saturated carbocycles. The van der Waals surface area contributed by atoms with Crippen molar-refractivity contribution in [3.63, 3.8) is 0 Å². The lowest BCUT2D eigenvalue weighted by Crippen LogP contribution is -2.13. The molecule has 0 saturated heterocycles. The molecule has 4 aromatic heterocycles. The largest absolute Gasteiger partial charge is 0.383 e. The normalized spacial score (nSPS) is 12.2. The molecule has 1 atom stereocenters. The highest BCUT2D eigenvalue weighted by Gasteiger charge is 2.23. The van der Waals surface area contributed by atoms with Crippen LogP contribution in [-0.4, -0.2) is 29.7 Å². The summed E-state index contributed by atoms with van der Waals surface area (Å²) in [5, 5.41) is 5.54. The van der Waals surface area contributed by atoms with E-state index in [-0.39, 0.29) is 5.82 Å². The Morgan fingerprint density at radius 1 is 1.09 bits per heavy atom. The van der Waals surface area contributed by atoms with Gasteiger partial charge in [0.1, 0.15) is 29.5 Å². The van der Waals surface area contributed by atoms with Crippen LogP contribution in [0, 0.1) is 24.0 Å². The van der Waals surface area contributed by atoms with Gasteiger partial charge in [-0.2, -0.15) is 5.10 Å². The summed E-state index contributed by atoms with van der Waals surface area (Å²) in [6.07, 6.45) is 9.59. The number of benzene rings is 1. The first kappa shape index (κ1) is 19.5. The molecule has 7 nitrogen and oxygen atoms in total. The number of pyridine rings is 2. The van der Waals surface area contributed by atoms with Gasteiger partial charge in [0, 0.05) is 22.7 Å². The zero-order valence-corrected chi connectivity index (χ0v) is 16.8. The van der Waals surface area contributed by atoms with Crippen LogP contribution in [0.2, 0.25) is 0 Å². The summed E-state index contributed by atoms with van der Waals surface area (Å²) in [6, 6.07) is 6.91. The van der Waals surface area contributed by atoms with Crippen LogP contribution < -0.4 is 5.73 Å². The first-order valence-electron chi connectivity index (χ1n) is 9.62. The Morgan fingerprint density at radius 2 is 1.94 bits per heavy atom. The lowest BCUT2D eigenvalue weighted by molar-refractivity contribution is 0.566. The molecule has 1 unspecified atom stereocenters. The van der Waals surface area contributed by atoms with Crippen molar-refractivity contribution in [1.82, 2.24) is 29.7 Å². The Bertz CT molecular complexity index is 1550. The zero-order chi connectivity index (χ0) is 22.4. The highest BCUT2D eigenvalue weighted by molar-refractivity contribution is 5.91. The maximum atomic E-state index is 14.0. The van der Waals surface area contributed by atoms with Gasteiger partial charge in [-0.1, -0.05) is 0 Å². The maximum absolute atomic E-state index is 14.0. The molecule has 1 aromatic carbocycles. The minimum Gasteiger partial charge on any atom is -0.383 e. The quantitative estimate of drug-likeness (QED) is 0.439. The third-order valence-corrected chi connectivity index (χ3v) is 5.24. The molecule has 2 N–H and O–H groups in total. The summed E-state index contributed by atoms with van der Waals surface area (Å²) in [6.45, 7) is 1.86. The fourth-order valence-electron chi connectivity index (χ4n) is 3.75. The standard InChI is InChI=1S/C23H15F2N7/c1-3-18-20-22(26)28-11-29-23(20)32(31-18)12(2)21-17(14-7-16(25)10-27-9-14)8-13-6-15(24)4-5-19(13)30-21/h1,4-12H,2H3,(H2,26,28,29). The van der Waals surface area contributed by atoms with Gasteiger partial charge in [0.2, 0.25) is 0 Å². The first-order valence-corrected chi connectivity index (χ1v) is 9.62. The monoisotopic (exact) mass is 427 g/mol. The maximum Gasteiger partial charge on any atom is 0.165 e. The van der Waals surface area contributed by atoms with Gasteiger partial charge in [0.25, 0.3) is 0 Å². The van der Waals surface area contributed by atoms with Crippen molar-refractivity contribution in [2.24, 2.45) is 0 Å². The fraction of sp³-hybridized carbons (Fsp3) is 0.0870. The molecule has 0 bridgehead atoms. The highest BCUT2D eigenvalue weighted by Crippen LogP contribution is 2.34. The molecule has 0 aliphatic carbocycles. The predicted octanol–water partition coefficient (Wildman–Crippen LogP) is 3.89. The average Bonchev–Trinajstić information content (AvgIpc) is 3.18. The minimum absolute atomic E-state index is 0.220. The predicted molar refractivity (Wildman–Crippen MR) is 116 cm³/mol. The third-order valence-electron chi connectivity index (χ3n) is 5.24. The van der Waals surface area contributed by atoms with Crippen LogP contribution in [0.4, 0.5) is 14.6 Å². The molecule has 5 aromatic rings. The number of anilines is 1. The van der Waals surface area contributed by atoms with Gasteiger partial charge in [-0.05, 0) is 43.2 Å². The molecule has 32 heavy (non-hydrogen) atoms. The van der Waals surface area contributed by atoms with Crippen molar-refractivity contribution in [2.75, 3.05) is 5.73 Å². The van der Waals surface area contributed by atoms with Crippen molar-refractivity contribution in [1.29, 1.82) is 0 Å². The van der Waals surface area contributed by atoms with E-state index < -0.39 is 17.7 Å². The molecular formula is C23H15F2N7. The van der Waals surface area contributed by atoms with Crippen LogP contribution in [0.15, 0.2) is 49.1 Å². The number of aromatic nitrogens is 6. The highest BCUT2D eigenvalue weighted by atomic mass is 19.1. The molecule has 4 heterocycles. The summed E-state index contributed by atoms with van der Waals surface area (Å²) in [5.74, 6) is 1.84. The summed E-state index contributed by atoms with van der Waals surface area (Å²) in [7, 11) is 0. The van der Waals surface area contributed by atoms with Crippen molar-refractivity contribution < 1.29 is 8.78 Å². The Kier molecular flexibility index (Phi) is 4.48. The molecule has 0 spiro atoms. The molecule has 0 radical (unpaired) electrons. The van der Waals surface area contributed by atoms with Gasteiger partial charge < -0.3 is 5.73 Å². The van der Waals surface area contributed by atoms with E-state index in [0.29, 0.717) is 44.5 Å². The number of nitrogens with two attached hydrogens (primary N) is 1. The van der Waals surface area contributed by atoms with Crippen LogP contribution in [-0.2, 0) is 0 Å². The van der Waals surface area contributed by atoms with E-state index in [9.17, 15) is 8.78 Å². The third kappa shape index (κ3) is 3.09. The van der Waals surface area contributed by atoms with Gasteiger partial charge in [0.05, 0.1) is 28.8 Å². The van der Waals surface area contributed by atoms with Crippen LogP contribution in [0.3, 0.4) is 0 Å². The molecule has 0 amide bonds. The second kappa shape index (κ2) is 7.35. The smallest absolute Gasteiger partial charge is 0.165 e. The molecule has 5 rings (SSSR count). The zero-order valence-electron chi connectivity index (χ0n) is 16.8. The van der Waals surface area contributed by atoms with Crippen molar-refractivity contribution in [2.45, 2.75) is 13.0 Å². The van der Waals surface area contributed by atoms with E-state index in [2.05, 4.69) is 26.0 Å². The lowest BCUT2D eigenvalue weighted by Gasteiger charge is -2.18. The molecule has 156 valence electrons. The van der Waals surface area contributed by atoms with E-state index in [1.807, 2.05) is 6.92 Å². The molecule has 9 heteroatoms. The Morgan fingerprint density at radius 3 is 2.72 bits per heavy atom. The SMILES string of the molecule is C#Cc1nn(C(C)c2nc3ccc(F)cc3cc2-c2cncc(F)c2)c2ncnc(N)c12. The molecule has 0 aliphatic rings. The number of hydrogen-bond acceptors (Lipinski definition) is 6. The topological polar surface area (TPSA) is 95.4 Å². The van der Waals surface area contributed by atoms with Crippen LogP contribution >= 0.6 is 0 Å². The van der Waals surface area contributed by atoms with E-state index in [0.717, 1.165) is 6.20 Å². The summed E-state index contributed by atoms with van der Waals surface area (Å²) >= 11 is 0. The number of hydrogen-bond donors (Lipinski definition) is 1. The van der Waals surface area contributed by atoms with E-state index in [1.165, 1.54) is 30.7 Å². The van der Waals surface area contributed by atoms with Crippen LogP contribution in [0.25, 0.3) is 33.1 Å². The minimum atomic E-state index is -0.500. The second-order valence-electron chi connectivity index (χ2n) is 7.22. The van der Waals surface area contributed by atoms with Crippen molar-refractivity contribution in [3.05, 3.63) is 72.1 Å². The number of terminal acetylenes is 1. The van der Waals surface area contributed by atoms with Crippen molar-refractivity contribution >= 4 is 27.8 Å². The number of nitrogens with zero attached hydrogens (tertiary/aromatic N) is 6. The summed E-state index contributed by atoms with van der Waals surface area (Å²) in [5.41, 5.74) is 8.97. The Hall–Kier alpha value is -4.45. The van der Waals surface area contributed by atoms with Crippen molar-refractivity contribution in [3.8, 4) is 23.5 Å². The molecule has 0 fully saturated rings. The first-order chi connectivity index (χ1) is 15.5. The van der Waals surface area contributed by atoms with Gasteiger partial charge in [0.15, 0.2) is 5.65 Å². The van der Waals surface area contributed by atoms with Gasteiger partial charge >= 0.3 is 0 Å². The lowest BCUT2D eigenvalue weighted by atomic mass is 9.99. The number of fused-ring (bicyclic) bond motifs is 2. The van der Waals surface area contributed by atoms with Crippen LogP contribution in [0.5, 0.6) is 0 Å².